The lowest BCUT2D eigenvalue weighted by Gasteiger charge is -2.45. The lowest BCUT2D eigenvalue weighted by Crippen LogP contribution is -2.54. The van der Waals surface area contributed by atoms with E-state index in [4.69, 9.17) is 9.47 Å². The minimum absolute atomic E-state index is 0.0144. The van der Waals surface area contributed by atoms with Gasteiger partial charge in [-0.15, -0.1) is 0 Å². The molecule has 0 aliphatic carbocycles. The van der Waals surface area contributed by atoms with Gasteiger partial charge in [-0.3, -0.25) is 0 Å². The van der Waals surface area contributed by atoms with Gasteiger partial charge in [0.25, 0.3) is 0 Å². The van der Waals surface area contributed by atoms with Crippen LogP contribution in [0.4, 0.5) is 0 Å². The molecular weight excluding hydrogens is 314 g/mol. The van der Waals surface area contributed by atoms with Gasteiger partial charge in [0.05, 0.1) is 5.57 Å². The Morgan fingerprint density at radius 3 is 2.72 bits per heavy atom. The predicted molar refractivity (Wildman–Crippen MR) is 94.9 cm³/mol. The zero-order chi connectivity index (χ0) is 17.4. The smallest absolute Gasteiger partial charge is 0.336 e. The van der Waals surface area contributed by atoms with Crippen LogP contribution >= 0.6 is 0 Å². The van der Waals surface area contributed by atoms with Gasteiger partial charge in [-0.1, -0.05) is 48.5 Å². The molecule has 128 valence electrons. The molecule has 2 unspecified atom stereocenters. The van der Waals surface area contributed by atoms with E-state index in [2.05, 4.69) is 5.32 Å². The quantitative estimate of drug-likeness (QED) is 0.865. The van der Waals surface area contributed by atoms with Gasteiger partial charge in [0.1, 0.15) is 12.4 Å². The van der Waals surface area contributed by atoms with E-state index < -0.39 is 5.72 Å². The van der Waals surface area contributed by atoms with Crippen molar-refractivity contribution in [3.05, 3.63) is 77.0 Å². The maximum atomic E-state index is 12.8. The van der Waals surface area contributed by atoms with Gasteiger partial charge in [0, 0.05) is 23.6 Å². The fourth-order valence-electron chi connectivity index (χ4n) is 3.80. The molecule has 4 heteroatoms. The molecule has 0 amide bonds. The molecule has 4 nitrogen and oxygen atoms in total. The van der Waals surface area contributed by atoms with Crippen LogP contribution in [0.2, 0.25) is 0 Å². The number of rotatable bonds is 3. The maximum Gasteiger partial charge on any atom is 0.336 e. The van der Waals surface area contributed by atoms with Crippen molar-refractivity contribution in [2.75, 3.05) is 0 Å². The van der Waals surface area contributed by atoms with Crippen LogP contribution in [0.3, 0.4) is 0 Å². The number of benzene rings is 2. The third-order valence-electron chi connectivity index (χ3n) is 4.86. The zero-order valence-electron chi connectivity index (χ0n) is 14.4. The summed E-state index contributed by atoms with van der Waals surface area (Å²) in [5, 5.41) is 3.35. The highest BCUT2D eigenvalue weighted by Gasteiger charge is 2.45. The highest BCUT2D eigenvalue weighted by atomic mass is 16.5. The van der Waals surface area contributed by atoms with Crippen molar-refractivity contribution in [1.29, 1.82) is 0 Å². The van der Waals surface area contributed by atoms with Gasteiger partial charge in [-0.05, 0) is 25.5 Å². The van der Waals surface area contributed by atoms with Gasteiger partial charge in [-0.2, -0.15) is 0 Å². The van der Waals surface area contributed by atoms with Gasteiger partial charge < -0.3 is 14.8 Å². The van der Waals surface area contributed by atoms with Crippen LogP contribution in [0.25, 0.3) is 0 Å². The van der Waals surface area contributed by atoms with Crippen LogP contribution in [0.15, 0.2) is 65.9 Å². The van der Waals surface area contributed by atoms with Crippen LogP contribution in [-0.4, -0.2) is 11.7 Å². The average Bonchev–Trinajstić information content (AvgIpc) is 2.60. The number of fused-ring (bicyclic) bond motifs is 4. The minimum atomic E-state index is -0.494. The Balaban J connectivity index is 1.63. The predicted octanol–water partition coefficient (Wildman–Crippen LogP) is 3.89. The number of allylic oxidation sites excluding steroid dienone is 1. The molecule has 25 heavy (non-hydrogen) atoms. The standard InChI is InChI=1S/C21H21NO3/c1-14-19(20(23)24-13-15-8-4-3-5-9-15)17-12-21(2,22-14)25-18-11-7-6-10-16(17)18/h3-11,17,22H,12-13H2,1-2H3. The molecular formula is C21H21NO3. The molecule has 0 aromatic heterocycles. The Hall–Kier alpha value is -2.75. The molecule has 0 saturated carbocycles. The van der Waals surface area contributed by atoms with Crippen LogP contribution in [-0.2, 0) is 16.1 Å². The number of ether oxygens (including phenoxy) is 2. The molecule has 1 N–H and O–H groups in total. The summed E-state index contributed by atoms with van der Waals surface area (Å²) in [4.78, 5) is 12.8. The normalized spacial score (nSPS) is 24.0. The summed E-state index contributed by atoms with van der Waals surface area (Å²) in [6, 6.07) is 17.7. The van der Waals surface area contributed by atoms with E-state index in [0.717, 1.165) is 22.6 Å². The third kappa shape index (κ3) is 2.88. The van der Waals surface area contributed by atoms with Crippen LogP contribution < -0.4 is 10.1 Å². The number of carbonyl (C=O) groups excluding carboxylic acids is 1. The molecule has 0 radical (unpaired) electrons. The lowest BCUT2D eigenvalue weighted by molar-refractivity contribution is -0.141. The monoisotopic (exact) mass is 335 g/mol. The first kappa shape index (κ1) is 15.8. The molecule has 2 aromatic rings. The van der Waals surface area contributed by atoms with E-state index >= 15 is 0 Å². The minimum Gasteiger partial charge on any atom is -0.468 e. The van der Waals surface area contributed by atoms with E-state index in [1.54, 1.807) is 0 Å². The van der Waals surface area contributed by atoms with Crippen molar-refractivity contribution in [2.24, 2.45) is 0 Å². The second-order valence-corrected chi connectivity index (χ2v) is 6.85. The summed E-state index contributed by atoms with van der Waals surface area (Å²) in [5.74, 6) is 0.548. The van der Waals surface area contributed by atoms with Crippen LogP contribution in [0.5, 0.6) is 5.75 Å². The topological polar surface area (TPSA) is 47.6 Å². The van der Waals surface area contributed by atoms with Crippen LogP contribution in [0, 0.1) is 0 Å². The fraction of sp³-hybridized carbons (Fsp3) is 0.286. The number of nitrogens with one attached hydrogen (secondary N) is 1. The average molecular weight is 335 g/mol. The third-order valence-corrected chi connectivity index (χ3v) is 4.86. The van der Waals surface area contributed by atoms with Gasteiger partial charge in [0.2, 0.25) is 0 Å². The fourth-order valence-corrected chi connectivity index (χ4v) is 3.80. The Morgan fingerprint density at radius 2 is 1.92 bits per heavy atom. The van der Waals surface area contributed by atoms with E-state index in [0.29, 0.717) is 12.0 Å². The summed E-state index contributed by atoms with van der Waals surface area (Å²) in [5.41, 5.74) is 3.06. The molecule has 4 rings (SSSR count). The van der Waals surface area contributed by atoms with Crippen LogP contribution in [0.1, 0.15) is 37.3 Å². The Morgan fingerprint density at radius 1 is 1.20 bits per heavy atom. The molecule has 0 spiro atoms. The van der Waals surface area contributed by atoms with Crippen molar-refractivity contribution in [1.82, 2.24) is 5.32 Å². The number of carbonyl (C=O) groups is 1. The van der Waals surface area contributed by atoms with Crippen molar-refractivity contribution in [3.63, 3.8) is 0 Å². The first-order valence-electron chi connectivity index (χ1n) is 8.54. The highest BCUT2D eigenvalue weighted by Crippen LogP contribution is 2.47. The zero-order valence-corrected chi connectivity index (χ0v) is 14.4. The SMILES string of the molecule is CC1=C(C(=O)OCc2ccccc2)C2CC(C)(N1)Oc1ccccc12. The Labute approximate surface area is 147 Å². The van der Waals surface area contributed by atoms with Crippen molar-refractivity contribution in [2.45, 2.75) is 38.5 Å². The summed E-state index contributed by atoms with van der Waals surface area (Å²) in [7, 11) is 0. The van der Waals surface area contributed by atoms with Gasteiger partial charge in [0.15, 0.2) is 5.72 Å². The summed E-state index contributed by atoms with van der Waals surface area (Å²) in [6.45, 7) is 4.21. The van der Waals surface area contributed by atoms with Gasteiger partial charge >= 0.3 is 5.97 Å². The second-order valence-electron chi connectivity index (χ2n) is 6.85. The molecule has 0 fully saturated rings. The summed E-state index contributed by atoms with van der Waals surface area (Å²) < 4.78 is 11.7. The molecule has 2 bridgehead atoms. The summed E-state index contributed by atoms with van der Waals surface area (Å²) >= 11 is 0. The maximum absolute atomic E-state index is 12.8. The summed E-state index contributed by atoms with van der Waals surface area (Å²) in [6.07, 6.45) is 0.705. The largest absolute Gasteiger partial charge is 0.468 e. The number of esters is 1. The van der Waals surface area contributed by atoms with E-state index in [-0.39, 0.29) is 18.5 Å². The van der Waals surface area contributed by atoms with Crippen molar-refractivity contribution in [3.8, 4) is 5.75 Å². The molecule has 0 saturated heterocycles. The molecule has 2 aliphatic rings. The first-order chi connectivity index (χ1) is 12.1. The van der Waals surface area contributed by atoms with E-state index in [9.17, 15) is 4.79 Å². The second kappa shape index (κ2) is 5.96. The number of para-hydroxylation sites is 1. The lowest BCUT2D eigenvalue weighted by atomic mass is 9.78. The number of hydrogen-bond acceptors (Lipinski definition) is 4. The molecule has 2 aliphatic heterocycles. The van der Waals surface area contributed by atoms with Gasteiger partial charge in [-0.25, -0.2) is 4.79 Å². The Bertz CT molecular complexity index is 843. The van der Waals surface area contributed by atoms with E-state index in [1.807, 2.05) is 68.4 Å². The molecule has 2 aromatic carbocycles. The van der Waals surface area contributed by atoms with E-state index in [1.165, 1.54) is 0 Å². The van der Waals surface area contributed by atoms with Crippen molar-refractivity contribution < 1.29 is 14.3 Å². The first-order valence-corrected chi connectivity index (χ1v) is 8.54. The molecule has 2 atom stereocenters. The Kier molecular flexibility index (Phi) is 3.75. The number of hydrogen-bond donors (Lipinski definition) is 1. The highest BCUT2D eigenvalue weighted by molar-refractivity contribution is 5.91. The van der Waals surface area contributed by atoms with Crippen molar-refractivity contribution >= 4 is 5.97 Å². The molecule has 2 heterocycles.